The van der Waals surface area contributed by atoms with Gasteiger partial charge in [-0.15, -0.1) is 0 Å². The molecule has 2 unspecified atom stereocenters. The highest BCUT2D eigenvalue weighted by atomic mass is 31.2. The fourth-order valence-corrected chi connectivity index (χ4v) is 5.96. The van der Waals surface area contributed by atoms with Crippen molar-refractivity contribution in [1.29, 1.82) is 0 Å². The first-order valence-corrected chi connectivity index (χ1v) is 15.1. The Kier molecular flexibility index (Phi) is 9.47. The molecule has 1 aromatic heterocycles. The Morgan fingerprint density at radius 1 is 1.19 bits per heavy atom. The quantitative estimate of drug-likeness (QED) is 0.163. The maximum atomic E-state index is 14.2. The van der Waals surface area contributed by atoms with Crippen LogP contribution in [0, 0.1) is 5.92 Å². The van der Waals surface area contributed by atoms with E-state index in [2.05, 4.69) is 5.09 Å². The van der Waals surface area contributed by atoms with Crippen LogP contribution < -0.4 is 20.9 Å². The number of hydrogen-bond donors (Lipinski definition) is 4. The van der Waals surface area contributed by atoms with Crippen molar-refractivity contribution in [2.45, 2.75) is 63.9 Å². The van der Waals surface area contributed by atoms with Crippen LogP contribution in [0.15, 0.2) is 82.5 Å². The highest BCUT2D eigenvalue weighted by Gasteiger charge is 2.54. The van der Waals surface area contributed by atoms with E-state index in [1.54, 1.807) is 42.5 Å². The molecule has 2 aromatic carbocycles. The second kappa shape index (κ2) is 13.8. The number of ether oxygens (including phenoxy) is 2. The van der Waals surface area contributed by atoms with Gasteiger partial charge in [0.2, 0.25) is 0 Å². The van der Waals surface area contributed by atoms with Crippen LogP contribution in [0.3, 0.4) is 0 Å². The van der Waals surface area contributed by atoms with Crippen molar-refractivity contribution in [2.75, 3.05) is 6.61 Å². The lowest BCUT2D eigenvalue weighted by molar-refractivity contribution is -0.147. The van der Waals surface area contributed by atoms with E-state index in [-0.39, 0.29) is 24.7 Å². The third kappa shape index (κ3) is 8.29. The summed E-state index contributed by atoms with van der Waals surface area (Å²) in [7, 11) is -4.46. The van der Waals surface area contributed by atoms with Crippen molar-refractivity contribution < 1.29 is 40.8 Å². The molecule has 0 amide bonds. The number of carbonyl (C=O) groups is 1. The number of aromatic amines is 1. The summed E-state index contributed by atoms with van der Waals surface area (Å²) >= 11 is 0. The molecule has 1 saturated heterocycles. The van der Waals surface area contributed by atoms with E-state index in [9.17, 15) is 29.2 Å². The molecule has 4 rings (SSSR count). The van der Waals surface area contributed by atoms with Gasteiger partial charge in [-0.2, -0.15) is 5.09 Å². The predicted octanol–water partition coefficient (Wildman–Crippen LogP) is 2.50. The summed E-state index contributed by atoms with van der Waals surface area (Å²) in [6.07, 6.45) is -5.60. The van der Waals surface area contributed by atoms with Crippen molar-refractivity contribution in [2.24, 2.45) is 5.92 Å². The SMILES string of the molecule is [2H]c1c([2H])n([C@@H]2O[C@H](COP(=O)(NC(CC(C)C)C(=O)OCc3ccccc3)Oc3ccccc3)[C@@H](O)[C@@]2(C)O)c(=O)[nH]c1=O. The Hall–Kier alpha value is -3.58. The summed E-state index contributed by atoms with van der Waals surface area (Å²) in [6.45, 7) is 4.13. The summed E-state index contributed by atoms with van der Waals surface area (Å²) in [4.78, 5) is 39.3. The van der Waals surface area contributed by atoms with Crippen molar-refractivity contribution in [3.05, 3.63) is 99.3 Å². The molecule has 0 bridgehead atoms. The largest absolute Gasteiger partial charge is 0.460 e. The summed E-state index contributed by atoms with van der Waals surface area (Å²) in [5.74, 6) is -0.627. The fourth-order valence-electron chi connectivity index (χ4n) is 4.44. The van der Waals surface area contributed by atoms with Crippen LogP contribution in [0.5, 0.6) is 5.75 Å². The van der Waals surface area contributed by atoms with E-state index in [1.807, 2.05) is 24.9 Å². The lowest BCUT2D eigenvalue weighted by atomic mass is 9.96. The Balaban J connectivity index is 1.57. The van der Waals surface area contributed by atoms with Crippen LogP contribution in [0.1, 0.15) is 41.7 Å². The van der Waals surface area contributed by atoms with Gasteiger partial charge in [-0.3, -0.25) is 23.7 Å². The second-order valence-corrected chi connectivity index (χ2v) is 12.4. The molecule has 1 fully saturated rings. The van der Waals surface area contributed by atoms with Crippen LogP contribution in [0.4, 0.5) is 0 Å². The summed E-state index contributed by atoms with van der Waals surface area (Å²) in [6, 6.07) is 15.0. The van der Waals surface area contributed by atoms with E-state index in [1.165, 1.54) is 12.1 Å². The minimum absolute atomic E-state index is 0.0264. The number of hydrogen-bond acceptors (Lipinski definition) is 10. The van der Waals surface area contributed by atoms with Gasteiger partial charge in [-0.1, -0.05) is 62.4 Å². The molecule has 232 valence electrons. The highest BCUT2D eigenvalue weighted by molar-refractivity contribution is 7.52. The topological polar surface area (TPSA) is 178 Å². The third-order valence-corrected chi connectivity index (χ3v) is 8.19. The minimum Gasteiger partial charge on any atom is -0.460 e. The molecule has 2 heterocycles. The molecule has 1 aliphatic heterocycles. The number of nitrogens with one attached hydrogen (secondary N) is 2. The van der Waals surface area contributed by atoms with E-state index in [0.717, 1.165) is 12.5 Å². The molecule has 0 radical (unpaired) electrons. The Morgan fingerprint density at radius 3 is 2.49 bits per heavy atom. The highest BCUT2D eigenvalue weighted by Crippen LogP contribution is 2.47. The predicted molar refractivity (Wildman–Crippen MR) is 155 cm³/mol. The molecule has 1 aliphatic rings. The van der Waals surface area contributed by atoms with Gasteiger partial charge < -0.3 is 24.2 Å². The molecule has 13 nitrogen and oxygen atoms in total. The zero-order chi connectivity index (χ0) is 32.9. The van der Waals surface area contributed by atoms with E-state index in [4.69, 9.17) is 21.3 Å². The first kappa shape index (κ1) is 29.5. The number of aromatic nitrogens is 2. The number of esters is 1. The maximum absolute atomic E-state index is 14.2. The molecule has 0 aliphatic carbocycles. The fraction of sp³-hybridized carbons (Fsp3) is 0.414. The zero-order valence-electron chi connectivity index (χ0n) is 25.8. The average Bonchev–Trinajstić information content (AvgIpc) is 3.21. The molecule has 0 saturated carbocycles. The van der Waals surface area contributed by atoms with Gasteiger partial charge in [0, 0.05) is 12.2 Å². The van der Waals surface area contributed by atoms with Crippen LogP contribution in [0.25, 0.3) is 0 Å². The number of rotatable bonds is 13. The van der Waals surface area contributed by atoms with Gasteiger partial charge in [0.1, 0.15) is 36.2 Å². The number of benzene rings is 2. The monoisotopic (exact) mass is 619 g/mol. The van der Waals surface area contributed by atoms with Gasteiger partial charge in [-0.25, -0.2) is 9.36 Å². The van der Waals surface area contributed by atoms with Gasteiger partial charge in [0.05, 0.1) is 9.35 Å². The van der Waals surface area contributed by atoms with E-state index in [0.29, 0.717) is 4.57 Å². The maximum Gasteiger partial charge on any atom is 0.459 e. The molecule has 4 N–H and O–H groups in total. The minimum atomic E-state index is -4.46. The van der Waals surface area contributed by atoms with Crippen molar-refractivity contribution in [3.63, 3.8) is 0 Å². The van der Waals surface area contributed by atoms with Gasteiger partial charge in [0.15, 0.2) is 6.23 Å². The molecular formula is C29H36N3O10P. The van der Waals surface area contributed by atoms with Crippen molar-refractivity contribution >= 4 is 13.7 Å². The molecule has 3 aromatic rings. The number of aliphatic hydroxyl groups is 2. The van der Waals surface area contributed by atoms with Crippen LogP contribution >= 0.6 is 7.75 Å². The summed E-state index contributed by atoms with van der Waals surface area (Å²) in [5.41, 5.74) is -3.73. The average molecular weight is 620 g/mol. The van der Waals surface area contributed by atoms with Gasteiger partial charge >= 0.3 is 19.4 Å². The van der Waals surface area contributed by atoms with Crippen LogP contribution in [-0.4, -0.2) is 56.2 Å². The number of carbonyl (C=O) groups excluding carboxylic acids is 1. The molecule has 6 atom stereocenters. The lowest BCUT2D eigenvalue weighted by Gasteiger charge is -2.28. The molecule has 0 spiro atoms. The normalized spacial score (nSPS) is 24.6. The standard InChI is InChI=1S/C29H36N3O10P/c1-19(2)16-22(26(35)39-17-20-10-6-4-7-11-20)31-43(38,42-21-12-8-5-9-13-21)40-18-23-25(34)29(3,37)27(41-23)32-15-14-24(33)30-28(32)36/h4-15,19,22-23,25,27,34,37H,16-18H2,1-3H3,(H,31,38)(H,30,33,36)/t22?,23-,25-,27-,29-,43?/m1/s1/i14D,15D. The van der Waals surface area contributed by atoms with Crippen LogP contribution in [0.2, 0.25) is 0 Å². The Morgan fingerprint density at radius 2 is 1.84 bits per heavy atom. The number of H-pyrrole nitrogens is 1. The third-order valence-electron chi connectivity index (χ3n) is 6.63. The number of para-hydroxylation sites is 1. The first-order chi connectivity index (χ1) is 21.2. The van der Waals surface area contributed by atoms with Gasteiger partial charge in [0.25, 0.3) is 5.56 Å². The molecular weight excluding hydrogens is 581 g/mol. The van der Waals surface area contributed by atoms with Gasteiger partial charge in [-0.05, 0) is 37.0 Å². The smallest absolute Gasteiger partial charge is 0.459 e. The van der Waals surface area contributed by atoms with Crippen molar-refractivity contribution in [3.8, 4) is 5.75 Å². The molecule has 14 heteroatoms. The molecule has 43 heavy (non-hydrogen) atoms. The Bertz CT molecular complexity index is 1630. The Labute approximate surface area is 250 Å². The second-order valence-electron chi connectivity index (χ2n) is 10.7. The summed E-state index contributed by atoms with van der Waals surface area (Å²) < 4.78 is 53.1. The van der Waals surface area contributed by atoms with E-state index >= 15 is 0 Å². The number of nitrogens with zero attached hydrogens (tertiary/aromatic N) is 1. The lowest BCUT2D eigenvalue weighted by Crippen LogP contribution is -2.47. The summed E-state index contributed by atoms with van der Waals surface area (Å²) in [5, 5.41) is 24.7. The first-order valence-electron chi connectivity index (χ1n) is 14.6. The number of aliphatic hydroxyl groups excluding tert-OH is 1. The van der Waals surface area contributed by atoms with Crippen molar-refractivity contribution in [1.82, 2.24) is 14.6 Å². The zero-order valence-corrected chi connectivity index (χ0v) is 24.7. The van der Waals surface area contributed by atoms with Crippen LogP contribution in [-0.2, 0) is 30.0 Å². The van der Waals surface area contributed by atoms with E-state index < -0.39 is 73.9 Å².